The van der Waals surface area contributed by atoms with E-state index >= 15 is 0 Å². The van der Waals surface area contributed by atoms with E-state index in [1.54, 1.807) is 30.4 Å². The second-order valence-electron chi connectivity index (χ2n) is 4.57. The quantitative estimate of drug-likeness (QED) is 0.787. The molecule has 1 heterocycles. The summed E-state index contributed by atoms with van der Waals surface area (Å²) in [5, 5.41) is 16.7. The molecule has 0 saturated carbocycles. The van der Waals surface area contributed by atoms with Crippen LogP contribution in [0.5, 0.6) is 0 Å². The fraction of sp³-hybridized carbons (Fsp3) is 0.357. The average molecular weight is 331 g/mol. The van der Waals surface area contributed by atoms with Crippen LogP contribution in [0.1, 0.15) is 18.4 Å². The second kappa shape index (κ2) is 7.38. The lowest BCUT2D eigenvalue weighted by Crippen LogP contribution is -2.18. The molecule has 0 aliphatic carbocycles. The zero-order valence-electron chi connectivity index (χ0n) is 11.1. The summed E-state index contributed by atoms with van der Waals surface area (Å²) >= 11 is 13.7. The van der Waals surface area contributed by atoms with Crippen LogP contribution in [-0.4, -0.2) is 22.7 Å². The molecule has 6 heteroatoms. The van der Waals surface area contributed by atoms with Crippen molar-refractivity contribution in [2.24, 2.45) is 0 Å². The first kappa shape index (κ1) is 15.7. The predicted molar refractivity (Wildman–Crippen MR) is 85.6 cm³/mol. The fourth-order valence-corrected chi connectivity index (χ4v) is 2.87. The van der Waals surface area contributed by atoms with Gasteiger partial charge in [-0.15, -0.1) is 11.3 Å². The zero-order valence-corrected chi connectivity index (χ0v) is 13.4. The van der Waals surface area contributed by atoms with E-state index in [0.717, 1.165) is 29.2 Å². The third kappa shape index (κ3) is 4.43. The van der Waals surface area contributed by atoms with Gasteiger partial charge in [0.05, 0.1) is 16.8 Å². The molecule has 0 amide bonds. The normalized spacial score (nSPS) is 12.6. The molecule has 108 valence electrons. The Hall–Kier alpha value is -0.650. The molecule has 0 aliphatic rings. The van der Waals surface area contributed by atoms with Gasteiger partial charge in [0.15, 0.2) is 0 Å². The summed E-state index contributed by atoms with van der Waals surface area (Å²) in [6.45, 7) is 3.24. The molecular weight excluding hydrogens is 315 g/mol. The van der Waals surface area contributed by atoms with Crippen LogP contribution in [0.2, 0.25) is 10.0 Å². The van der Waals surface area contributed by atoms with Crippen molar-refractivity contribution in [2.75, 3.05) is 6.54 Å². The minimum atomic E-state index is -0.278. The maximum Gasteiger partial charge on any atom is 0.107 e. The highest BCUT2D eigenvalue weighted by molar-refractivity contribution is 7.09. The number of rotatable bonds is 6. The van der Waals surface area contributed by atoms with Crippen molar-refractivity contribution in [3.63, 3.8) is 0 Å². The van der Waals surface area contributed by atoms with Gasteiger partial charge >= 0.3 is 0 Å². The Kier molecular flexibility index (Phi) is 5.81. The number of benzene rings is 1. The lowest BCUT2D eigenvalue weighted by atomic mass is 10.2. The molecule has 3 nitrogen and oxygen atoms in total. The first-order valence-corrected chi connectivity index (χ1v) is 7.98. The Morgan fingerprint density at radius 1 is 1.40 bits per heavy atom. The minimum absolute atomic E-state index is 0.278. The molecular formula is C14H16Cl2N2OS. The smallest absolute Gasteiger partial charge is 0.107 e. The maximum absolute atomic E-state index is 9.18. The molecule has 1 unspecified atom stereocenters. The highest BCUT2D eigenvalue weighted by Gasteiger charge is 2.09. The minimum Gasteiger partial charge on any atom is -0.393 e. The number of nitrogens with one attached hydrogen (secondary N) is 1. The number of aromatic nitrogens is 1. The van der Waals surface area contributed by atoms with E-state index in [1.807, 2.05) is 11.4 Å². The highest BCUT2D eigenvalue weighted by Crippen LogP contribution is 2.31. The molecule has 2 N–H and O–H groups in total. The number of aliphatic hydroxyl groups excluding tert-OH is 1. The molecule has 1 aromatic heterocycles. The van der Waals surface area contributed by atoms with Gasteiger partial charge in [0.1, 0.15) is 5.01 Å². The van der Waals surface area contributed by atoms with Gasteiger partial charge in [0.25, 0.3) is 0 Å². The SMILES string of the molecule is CC(O)CCNCc1nc(-c2cc(Cl)ccc2Cl)cs1. The van der Waals surface area contributed by atoms with Crippen molar-refractivity contribution in [3.05, 3.63) is 38.6 Å². The predicted octanol–water partition coefficient (Wildman–Crippen LogP) is 3.98. The Morgan fingerprint density at radius 2 is 2.20 bits per heavy atom. The van der Waals surface area contributed by atoms with E-state index in [1.165, 1.54) is 0 Å². The molecule has 1 aromatic carbocycles. The van der Waals surface area contributed by atoms with Gasteiger partial charge in [-0.3, -0.25) is 0 Å². The summed E-state index contributed by atoms with van der Waals surface area (Å²) in [7, 11) is 0. The summed E-state index contributed by atoms with van der Waals surface area (Å²) in [6.07, 6.45) is 0.456. The van der Waals surface area contributed by atoms with Crippen molar-refractivity contribution >= 4 is 34.5 Å². The molecule has 2 aromatic rings. The fourth-order valence-electron chi connectivity index (χ4n) is 1.72. The van der Waals surface area contributed by atoms with Crippen molar-refractivity contribution in [1.82, 2.24) is 10.3 Å². The number of halogens is 2. The van der Waals surface area contributed by atoms with E-state index in [0.29, 0.717) is 16.6 Å². The van der Waals surface area contributed by atoms with Gasteiger partial charge in [0, 0.05) is 22.5 Å². The number of thiazole rings is 1. The Balaban J connectivity index is 2.00. The van der Waals surface area contributed by atoms with Crippen LogP contribution in [0.3, 0.4) is 0 Å². The van der Waals surface area contributed by atoms with Crippen LogP contribution in [0, 0.1) is 0 Å². The van der Waals surface area contributed by atoms with Crippen LogP contribution in [0.4, 0.5) is 0 Å². The third-order valence-electron chi connectivity index (χ3n) is 2.77. The van der Waals surface area contributed by atoms with E-state index in [-0.39, 0.29) is 6.10 Å². The lowest BCUT2D eigenvalue weighted by Gasteiger charge is -2.04. The highest BCUT2D eigenvalue weighted by atomic mass is 35.5. The van der Waals surface area contributed by atoms with Crippen LogP contribution in [-0.2, 0) is 6.54 Å². The van der Waals surface area contributed by atoms with Crippen molar-refractivity contribution in [2.45, 2.75) is 26.0 Å². The largest absolute Gasteiger partial charge is 0.393 e. The second-order valence-corrected chi connectivity index (χ2v) is 6.35. The number of nitrogens with zero attached hydrogens (tertiary/aromatic N) is 1. The Morgan fingerprint density at radius 3 is 2.95 bits per heavy atom. The summed E-state index contributed by atoms with van der Waals surface area (Å²) in [5.74, 6) is 0. The zero-order chi connectivity index (χ0) is 14.5. The lowest BCUT2D eigenvalue weighted by molar-refractivity contribution is 0.183. The van der Waals surface area contributed by atoms with E-state index in [9.17, 15) is 5.11 Å². The van der Waals surface area contributed by atoms with Crippen LogP contribution in [0.25, 0.3) is 11.3 Å². The van der Waals surface area contributed by atoms with E-state index in [2.05, 4.69) is 10.3 Å². The molecule has 0 bridgehead atoms. The molecule has 0 radical (unpaired) electrons. The summed E-state index contributed by atoms with van der Waals surface area (Å²) in [4.78, 5) is 4.55. The molecule has 0 saturated heterocycles. The average Bonchev–Trinajstić information content (AvgIpc) is 2.86. The van der Waals surface area contributed by atoms with Gasteiger partial charge in [-0.2, -0.15) is 0 Å². The molecule has 2 rings (SSSR count). The van der Waals surface area contributed by atoms with Crippen LogP contribution >= 0.6 is 34.5 Å². The van der Waals surface area contributed by atoms with Gasteiger partial charge < -0.3 is 10.4 Å². The van der Waals surface area contributed by atoms with E-state index in [4.69, 9.17) is 23.2 Å². The topological polar surface area (TPSA) is 45.1 Å². The van der Waals surface area contributed by atoms with Crippen LogP contribution in [0.15, 0.2) is 23.6 Å². The maximum atomic E-state index is 9.18. The van der Waals surface area contributed by atoms with E-state index < -0.39 is 0 Å². The van der Waals surface area contributed by atoms with Gasteiger partial charge in [0.2, 0.25) is 0 Å². The number of aliphatic hydroxyl groups is 1. The Labute approximate surface area is 132 Å². The monoisotopic (exact) mass is 330 g/mol. The first-order chi connectivity index (χ1) is 9.56. The number of hydrogen-bond donors (Lipinski definition) is 2. The summed E-state index contributed by atoms with van der Waals surface area (Å²) in [6, 6.07) is 5.36. The third-order valence-corrected chi connectivity index (χ3v) is 4.18. The summed E-state index contributed by atoms with van der Waals surface area (Å²) in [5.41, 5.74) is 1.69. The molecule has 1 atom stereocenters. The van der Waals surface area contributed by atoms with Gasteiger partial charge in [-0.25, -0.2) is 4.98 Å². The molecule has 0 aliphatic heterocycles. The summed E-state index contributed by atoms with van der Waals surface area (Å²) < 4.78 is 0. The molecule has 0 spiro atoms. The van der Waals surface area contributed by atoms with Crippen molar-refractivity contribution in [1.29, 1.82) is 0 Å². The van der Waals surface area contributed by atoms with Gasteiger partial charge in [-0.1, -0.05) is 23.2 Å². The Bertz CT molecular complexity index is 572. The van der Waals surface area contributed by atoms with Crippen molar-refractivity contribution < 1.29 is 5.11 Å². The molecule has 20 heavy (non-hydrogen) atoms. The van der Waals surface area contributed by atoms with Crippen molar-refractivity contribution in [3.8, 4) is 11.3 Å². The number of hydrogen-bond acceptors (Lipinski definition) is 4. The van der Waals surface area contributed by atoms with Gasteiger partial charge in [-0.05, 0) is 38.1 Å². The first-order valence-electron chi connectivity index (χ1n) is 6.35. The van der Waals surface area contributed by atoms with Crippen LogP contribution < -0.4 is 5.32 Å². The standard InChI is InChI=1S/C14H16Cl2N2OS/c1-9(19)4-5-17-7-14-18-13(8-20-14)11-6-10(15)2-3-12(11)16/h2-3,6,8-9,17,19H,4-5,7H2,1H3. The molecule has 0 fully saturated rings.